The fourth-order valence-corrected chi connectivity index (χ4v) is 8.33. The summed E-state index contributed by atoms with van der Waals surface area (Å²) in [7, 11) is 0. The van der Waals surface area contributed by atoms with Gasteiger partial charge in [0.2, 0.25) is 0 Å². The Morgan fingerprint density at radius 2 is 0.873 bits per heavy atom. The molecule has 0 amide bonds. The molecule has 0 saturated heterocycles. The van der Waals surface area contributed by atoms with E-state index >= 15 is 0 Å². The first kappa shape index (κ1) is 49.3. The van der Waals surface area contributed by atoms with Gasteiger partial charge in [-0.2, -0.15) is 0 Å². The minimum absolute atomic E-state index is 0. The van der Waals surface area contributed by atoms with E-state index < -0.39 is 0 Å². The van der Waals surface area contributed by atoms with Gasteiger partial charge in [-0.1, -0.05) is 187 Å². The molecule has 0 fully saturated rings. The molecule has 0 saturated carbocycles. The van der Waals surface area contributed by atoms with E-state index in [-0.39, 0.29) is 20.1 Å². The van der Waals surface area contributed by atoms with Crippen LogP contribution in [0.1, 0.15) is 22.3 Å². The summed E-state index contributed by atoms with van der Waals surface area (Å²) in [6.45, 7) is 8.46. The number of aryl methyl sites for hydroxylation is 4. The number of benzene rings is 8. The summed E-state index contributed by atoms with van der Waals surface area (Å²) in [5, 5.41) is 0. The van der Waals surface area contributed by atoms with Crippen molar-refractivity contribution in [2.45, 2.75) is 27.7 Å². The Hall–Kier alpha value is -8.14. The molecule has 71 heavy (non-hydrogen) atoms. The van der Waals surface area contributed by atoms with Crippen molar-refractivity contribution >= 4 is 0 Å². The molecule has 8 aromatic carbocycles. The number of rotatable bonds is 8. The summed E-state index contributed by atoms with van der Waals surface area (Å²) in [6, 6.07) is 87.2. The summed E-state index contributed by atoms with van der Waals surface area (Å²) in [5.74, 6) is 0. The Morgan fingerprint density at radius 1 is 0.310 bits per heavy atom. The van der Waals surface area contributed by atoms with Crippen molar-refractivity contribution in [3.8, 4) is 89.4 Å². The minimum atomic E-state index is 0. The first-order valence-electron chi connectivity index (χ1n) is 23.6. The summed E-state index contributed by atoms with van der Waals surface area (Å²) < 4.78 is 0. The summed E-state index contributed by atoms with van der Waals surface area (Å²) in [5.41, 5.74) is 23.0. The molecule has 0 bridgehead atoms. The SMILES string of the molecule is Cc1cc(-c2ccccc2)ccc1-c1cc(-c2[c-]cccc2)ncc1C.Cc1ccc(-c2[c-]cc(C)c(-c3ccccc3)c2)nc1.[Ir+3].[c-]1cc(-c2ccc(-c3ccccc3)cc2)ccc1-c1ccccn1. The standard InChI is InChI=1S/C25H20N.C23H16N.C19H16N.Ir/c1-18-15-22(20-9-5-3-6-10-20)13-14-23(18)24-16-25(26-17-19(24)2)21-11-7-4-8-12-21;1-2-6-18(7-3-1)19-9-11-20(12-10-19)21-13-15-22(16-14-21)23-8-4-5-17-24-23;1-14-8-11-19(20-13-14)17-10-9-15(2)18(12-17)16-6-4-3-5-7-16;/h3-11,13-17H,1-2H3;1-15,17H;3-9,11-13H,1-2H3;/q3*-1;+3. The van der Waals surface area contributed by atoms with Crippen LogP contribution < -0.4 is 0 Å². The van der Waals surface area contributed by atoms with E-state index in [9.17, 15) is 0 Å². The summed E-state index contributed by atoms with van der Waals surface area (Å²) in [4.78, 5) is 13.4. The maximum Gasteiger partial charge on any atom is 3.00 e. The third-order valence-electron chi connectivity index (χ3n) is 12.2. The molecule has 3 aromatic heterocycles. The van der Waals surface area contributed by atoms with E-state index in [1.54, 1.807) is 6.20 Å². The van der Waals surface area contributed by atoms with E-state index in [0.717, 1.165) is 39.3 Å². The predicted molar refractivity (Wildman–Crippen MR) is 292 cm³/mol. The van der Waals surface area contributed by atoms with Crippen molar-refractivity contribution < 1.29 is 20.1 Å². The van der Waals surface area contributed by atoms with E-state index in [4.69, 9.17) is 0 Å². The molecule has 11 aromatic rings. The topological polar surface area (TPSA) is 38.7 Å². The van der Waals surface area contributed by atoms with E-state index in [1.165, 1.54) is 72.3 Å². The van der Waals surface area contributed by atoms with Gasteiger partial charge in [-0.15, -0.1) is 95.1 Å². The molecule has 4 heteroatoms. The van der Waals surface area contributed by atoms with Crippen LogP contribution in [-0.2, 0) is 20.1 Å². The monoisotopic (exact) mass is 1090 g/mol. The van der Waals surface area contributed by atoms with Gasteiger partial charge in [0.25, 0.3) is 0 Å². The van der Waals surface area contributed by atoms with Gasteiger partial charge in [0.15, 0.2) is 0 Å². The normalized spacial score (nSPS) is 10.4. The Morgan fingerprint density at radius 3 is 1.48 bits per heavy atom. The van der Waals surface area contributed by atoms with Crippen LogP contribution in [0, 0.1) is 45.9 Å². The van der Waals surface area contributed by atoms with E-state index in [1.807, 2.05) is 98.2 Å². The second-order valence-electron chi connectivity index (χ2n) is 17.2. The molecular weight excluding hydrogens is 1040 g/mol. The summed E-state index contributed by atoms with van der Waals surface area (Å²) in [6.07, 6.45) is 5.65. The van der Waals surface area contributed by atoms with Gasteiger partial charge in [-0.05, 0) is 99.6 Å². The van der Waals surface area contributed by atoms with Crippen molar-refractivity contribution in [3.63, 3.8) is 0 Å². The quantitative estimate of drug-likeness (QED) is 0.142. The van der Waals surface area contributed by atoms with E-state index in [2.05, 4.69) is 200 Å². The van der Waals surface area contributed by atoms with Crippen molar-refractivity contribution in [2.75, 3.05) is 0 Å². The second-order valence-corrected chi connectivity index (χ2v) is 17.2. The molecule has 0 aliphatic heterocycles. The van der Waals surface area contributed by atoms with Gasteiger partial charge in [-0.25, -0.2) is 0 Å². The number of hydrogen-bond acceptors (Lipinski definition) is 3. The molecule has 3 heterocycles. The smallest absolute Gasteiger partial charge is 0.305 e. The largest absolute Gasteiger partial charge is 3.00 e. The predicted octanol–water partition coefficient (Wildman–Crippen LogP) is 17.2. The molecule has 11 rings (SSSR count). The summed E-state index contributed by atoms with van der Waals surface area (Å²) >= 11 is 0. The van der Waals surface area contributed by atoms with Crippen LogP contribution >= 0.6 is 0 Å². The number of aromatic nitrogens is 3. The van der Waals surface area contributed by atoms with Crippen LogP contribution in [0.5, 0.6) is 0 Å². The van der Waals surface area contributed by atoms with Crippen molar-refractivity contribution in [1.82, 2.24) is 15.0 Å². The second kappa shape index (κ2) is 23.9. The fraction of sp³-hybridized carbons (Fsp3) is 0.0597. The van der Waals surface area contributed by atoms with Gasteiger partial charge < -0.3 is 15.0 Å². The van der Waals surface area contributed by atoms with Gasteiger partial charge in [-0.3, -0.25) is 0 Å². The first-order valence-corrected chi connectivity index (χ1v) is 23.6. The van der Waals surface area contributed by atoms with Crippen LogP contribution in [0.15, 0.2) is 243 Å². The molecule has 0 aliphatic rings. The number of nitrogens with zero attached hydrogens (tertiary/aromatic N) is 3. The Labute approximate surface area is 433 Å². The van der Waals surface area contributed by atoms with Crippen LogP contribution in [0.3, 0.4) is 0 Å². The van der Waals surface area contributed by atoms with Crippen LogP contribution in [0.25, 0.3) is 89.4 Å². The van der Waals surface area contributed by atoms with Gasteiger partial charge in [0, 0.05) is 18.6 Å². The van der Waals surface area contributed by atoms with Crippen molar-refractivity contribution in [3.05, 3.63) is 283 Å². The Bertz CT molecular complexity index is 3320. The molecule has 344 valence electrons. The van der Waals surface area contributed by atoms with Crippen molar-refractivity contribution in [2.24, 2.45) is 0 Å². The van der Waals surface area contributed by atoms with Gasteiger partial charge in [0.1, 0.15) is 0 Å². The Balaban J connectivity index is 0.000000143. The van der Waals surface area contributed by atoms with Crippen LogP contribution in [-0.4, -0.2) is 15.0 Å². The average Bonchev–Trinajstić information content (AvgIpc) is 3.43. The van der Waals surface area contributed by atoms with Crippen LogP contribution in [0.2, 0.25) is 0 Å². The van der Waals surface area contributed by atoms with Gasteiger partial charge in [0.05, 0.1) is 0 Å². The van der Waals surface area contributed by atoms with Crippen LogP contribution in [0.4, 0.5) is 0 Å². The maximum atomic E-state index is 4.60. The molecule has 0 atom stereocenters. The molecule has 3 nitrogen and oxygen atoms in total. The molecule has 0 N–H and O–H groups in total. The fourth-order valence-electron chi connectivity index (χ4n) is 8.33. The zero-order valence-corrected chi connectivity index (χ0v) is 42.7. The first-order chi connectivity index (χ1) is 34.4. The molecular formula is C67H52IrN3. The number of pyridine rings is 3. The maximum absolute atomic E-state index is 4.60. The number of hydrogen-bond donors (Lipinski definition) is 0. The zero-order valence-electron chi connectivity index (χ0n) is 40.3. The van der Waals surface area contributed by atoms with Crippen molar-refractivity contribution in [1.29, 1.82) is 0 Å². The Kier molecular flexibility index (Phi) is 16.6. The average molecular weight is 1090 g/mol. The molecule has 0 unspecified atom stereocenters. The van der Waals surface area contributed by atoms with E-state index in [0.29, 0.717) is 0 Å². The molecule has 0 radical (unpaired) electrons. The van der Waals surface area contributed by atoms with Gasteiger partial charge >= 0.3 is 20.1 Å². The minimum Gasteiger partial charge on any atom is -0.305 e. The third kappa shape index (κ3) is 12.6. The molecule has 0 spiro atoms. The zero-order chi connectivity index (χ0) is 48.1. The molecule has 0 aliphatic carbocycles. The third-order valence-corrected chi connectivity index (χ3v) is 12.2.